The largest absolute Gasteiger partial charge is 0.472 e. The molecule has 0 amide bonds. The van der Waals surface area contributed by atoms with Gasteiger partial charge in [-0.2, -0.15) is 0 Å². The molecule has 0 spiro atoms. The van der Waals surface area contributed by atoms with Gasteiger partial charge in [-0.15, -0.1) is 0 Å². The van der Waals surface area contributed by atoms with Crippen molar-refractivity contribution in [3.05, 3.63) is 24.0 Å². The van der Waals surface area contributed by atoms with Gasteiger partial charge in [0, 0.05) is 0 Å². The average Bonchev–Trinajstić information content (AvgIpc) is 3.51. The maximum atomic E-state index is 11.5. The molecule has 4 saturated heterocycles. The Morgan fingerprint density at radius 1 is 0.466 bits per heavy atom. The average molecular weight is 849 g/mol. The van der Waals surface area contributed by atoms with E-state index in [0.29, 0.717) is 0 Å². The van der Waals surface area contributed by atoms with Gasteiger partial charge in [0.1, 0.15) is 109 Å². The Labute approximate surface area is 328 Å². The minimum atomic E-state index is -2.13. The molecule has 5 heterocycles. The third kappa shape index (κ3) is 8.31. The molecule has 0 saturated carbocycles. The van der Waals surface area contributed by atoms with Gasteiger partial charge in [0.25, 0.3) is 0 Å². The second-order valence-electron chi connectivity index (χ2n) is 14.7. The molecule has 4 fully saturated rings. The van der Waals surface area contributed by atoms with Crippen molar-refractivity contribution in [2.45, 2.75) is 141 Å². The van der Waals surface area contributed by atoms with Crippen LogP contribution in [0.3, 0.4) is 0 Å². The van der Waals surface area contributed by atoms with Gasteiger partial charge in [-0.25, -0.2) is 0 Å². The number of aliphatic hydroxyl groups is 16. The smallest absolute Gasteiger partial charge is 0.211 e. The fourth-order valence-corrected chi connectivity index (χ4v) is 7.86. The third-order valence-electron chi connectivity index (χ3n) is 11.2. The highest BCUT2D eigenvalue weighted by Crippen LogP contribution is 2.48. The molecular formula is C33H52O25. The summed E-state index contributed by atoms with van der Waals surface area (Å²) in [6.45, 7) is -4.29. The molecule has 25 heteroatoms. The highest BCUT2D eigenvalue weighted by molar-refractivity contribution is 5.34. The molecule has 6 rings (SSSR count). The van der Waals surface area contributed by atoms with E-state index < -0.39 is 180 Å². The van der Waals surface area contributed by atoms with Crippen molar-refractivity contribution in [3.8, 4) is 0 Å². The SMILES string of the molecule is OCC1=C[C@@H](O)[C@]2(O[C@@H]3O[C@H](CO)[C@@H](O)[C@H](O)[C@H]3O[C@@H]3O[C@H](CO)[C@@H](O)[C@H](O)[C@H]3O[C@@H]3O[C@H](CO)[C@@H](O)[C@H](O)[C@H]3O)C=CO[C@@H](O[C@@H]3O[C@H](CO)[C@@H](O)[C@H](O)[C@H]3O)[C@H]12. The van der Waals surface area contributed by atoms with Crippen molar-refractivity contribution >= 4 is 0 Å². The first-order valence-corrected chi connectivity index (χ1v) is 18.4. The van der Waals surface area contributed by atoms with Crippen molar-refractivity contribution in [2.24, 2.45) is 5.92 Å². The van der Waals surface area contributed by atoms with Gasteiger partial charge < -0.3 is 124 Å². The summed E-state index contributed by atoms with van der Waals surface area (Å²) >= 11 is 0. The summed E-state index contributed by atoms with van der Waals surface area (Å²) in [7, 11) is 0. The van der Waals surface area contributed by atoms with E-state index in [1.54, 1.807) is 0 Å². The number of hydrogen-bond acceptors (Lipinski definition) is 25. The molecule has 0 unspecified atom stereocenters. The Kier molecular flexibility index (Phi) is 14.8. The first-order valence-electron chi connectivity index (χ1n) is 18.4. The standard InChI is InChI=1S/C33H52O25/c34-4-9-3-14(39)33(1-2-50-28(15(9)33)57-30-25(49)21(45)17(41)11(6-36)52-30)58-32-27(23(47)19(43)13(8-38)54-32)56-31-26(22(46)18(42)12(7-37)53-31)55-29-24(48)20(44)16(40)10(5-35)51-29/h1-3,10-32,34-49H,4-8H2/t10-,11-,12-,13-,14-,15+,16-,17-,18-,19-,20+,21+,22+,23+,24-,25-,26-,27-,28+,29+,30+,31+,32+,33-/m1/s1. The fraction of sp³-hybridized carbons (Fsp3) is 0.879. The number of rotatable bonds is 13. The lowest BCUT2D eigenvalue weighted by atomic mass is 9.82. The van der Waals surface area contributed by atoms with E-state index in [1.165, 1.54) is 0 Å². The summed E-state index contributed by atoms with van der Waals surface area (Å²) in [5.41, 5.74) is -2.13. The Hall–Kier alpha value is -1.68. The normalized spacial score (nSPS) is 52.2. The number of fused-ring (bicyclic) bond motifs is 1. The quantitative estimate of drug-likeness (QED) is 0.0765. The van der Waals surface area contributed by atoms with E-state index in [0.717, 1.165) is 18.4 Å². The van der Waals surface area contributed by atoms with Crippen LogP contribution in [0.25, 0.3) is 0 Å². The molecule has 0 radical (unpaired) electrons. The van der Waals surface area contributed by atoms with Crippen molar-refractivity contribution in [1.82, 2.24) is 0 Å². The minimum Gasteiger partial charge on any atom is -0.472 e. The van der Waals surface area contributed by atoms with Gasteiger partial charge in [0.15, 0.2) is 25.2 Å². The molecule has 6 aliphatic rings. The zero-order valence-electron chi connectivity index (χ0n) is 30.4. The third-order valence-corrected chi connectivity index (χ3v) is 11.2. The summed E-state index contributed by atoms with van der Waals surface area (Å²) in [6.07, 6.45) is -37.2. The van der Waals surface area contributed by atoms with E-state index in [4.69, 9.17) is 42.6 Å². The van der Waals surface area contributed by atoms with Gasteiger partial charge in [-0.1, -0.05) is 6.08 Å². The first kappa shape index (κ1) is 45.8. The highest BCUT2D eigenvalue weighted by Gasteiger charge is 2.62. The maximum Gasteiger partial charge on any atom is 0.211 e. The lowest BCUT2D eigenvalue weighted by Crippen LogP contribution is -2.68. The zero-order chi connectivity index (χ0) is 42.4. The molecule has 334 valence electrons. The van der Waals surface area contributed by atoms with Crippen LogP contribution in [0.4, 0.5) is 0 Å². The first-order chi connectivity index (χ1) is 27.6. The van der Waals surface area contributed by atoms with Crippen LogP contribution in [0, 0.1) is 5.92 Å². The van der Waals surface area contributed by atoms with Crippen LogP contribution >= 0.6 is 0 Å². The second-order valence-corrected chi connectivity index (χ2v) is 14.7. The zero-order valence-corrected chi connectivity index (χ0v) is 30.4. The number of hydrogen-bond donors (Lipinski definition) is 16. The molecule has 1 aliphatic carbocycles. The van der Waals surface area contributed by atoms with Crippen LogP contribution in [-0.2, 0) is 42.6 Å². The van der Waals surface area contributed by atoms with Crippen molar-refractivity contribution in [1.29, 1.82) is 0 Å². The summed E-state index contributed by atoms with van der Waals surface area (Å²) in [6, 6.07) is 0. The van der Waals surface area contributed by atoms with Gasteiger partial charge in [-0.3, -0.25) is 0 Å². The van der Waals surface area contributed by atoms with Crippen molar-refractivity contribution in [3.63, 3.8) is 0 Å². The lowest BCUT2D eigenvalue weighted by Gasteiger charge is -2.51. The van der Waals surface area contributed by atoms with Crippen LogP contribution in [-0.4, -0.2) is 256 Å². The molecule has 25 nitrogen and oxygen atoms in total. The van der Waals surface area contributed by atoms with Crippen LogP contribution < -0.4 is 0 Å². The van der Waals surface area contributed by atoms with E-state index >= 15 is 0 Å². The molecule has 0 aromatic heterocycles. The molecule has 16 N–H and O–H groups in total. The Morgan fingerprint density at radius 3 is 1.36 bits per heavy atom. The number of ether oxygens (including phenoxy) is 9. The van der Waals surface area contributed by atoms with Gasteiger partial charge in [0.05, 0.1) is 45.2 Å². The topological polar surface area (TPSA) is 407 Å². The predicted molar refractivity (Wildman–Crippen MR) is 176 cm³/mol. The minimum absolute atomic E-state index is 0.00511. The van der Waals surface area contributed by atoms with Gasteiger partial charge in [0.2, 0.25) is 6.29 Å². The van der Waals surface area contributed by atoms with Crippen molar-refractivity contribution in [2.75, 3.05) is 33.0 Å². The summed E-state index contributed by atoms with van der Waals surface area (Å²) in [4.78, 5) is 0. The fourth-order valence-electron chi connectivity index (χ4n) is 7.86. The van der Waals surface area contributed by atoms with E-state index in [9.17, 15) is 81.7 Å². The maximum absolute atomic E-state index is 11.5. The lowest BCUT2D eigenvalue weighted by molar-refractivity contribution is -0.403. The van der Waals surface area contributed by atoms with E-state index in [2.05, 4.69) is 0 Å². The van der Waals surface area contributed by atoms with Crippen LogP contribution in [0.15, 0.2) is 24.0 Å². The molecule has 24 atom stereocenters. The van der Waals surface area contributed by atoms with Crippen molar-refractivity contribution < 1.29 is 124 Å². The summed E-state index contributed by atoms with van der Waals surface area (Å²) in [5.74, 6) is -1.41. The molecular weight excluding hydrogens is 796 g/mol. The Morgan fingerprint density at radius 2 is 0.879 bits per heavy atom. The summed E-state index contributed by atoms with van der Waals surface area (Å²) in [5, 5.41) is 168. The molecule has 5 aliphatic heterocycles. The molecule has 0 aromatic rings. The monoisotopic (exact) mass is 848 g/mol. The summed E-state index contributed by atoms with van der Waals surface area (Å²) < 4.78 is 51.8. The van der Waals surface area contributed by atoms with Gasteiger partial charge >= 0.3 is 0 Å². The molecule has 58 heavy (non-hydrogen) atoms. The molecule has 0 aromatic carbocycles. The van der Waals surface area contributed by atoms with E-state index in [1.807, 2.05) is 0 Å². The van der Waals surface area contributed by atoms with Crippen LogP contribution in [0.5, 0.6) is 0 Å². The van der Waals surface area contributed by atoms with E-state index in [-0.39, 0.29) is 5.57 Å². The highest BCUT2D eigenvalue weighted by atomic mass is 16.8. The number of aliphatic hydroxyl groups excluding tert-OH is 16. The van der Waals surface area contributed by atoms with Crippen LogP contribution in [0.2, 0.25) is 0 Å². The predicted octanol–water partition coefficient (Wildman–Crippen LogP) is -10.2. The van der Waals surface area contributed by atoms with Crippen LogP contribution in [0.1, 0.15) is 0 Å². The second kappa shape index (κ2) is 18.7. The van der Waals surface area contributed by atoms with Gasteiger partial charge in [-0.05, 0) is 11.6 Å². The Bertz CT molecular complexity index is 1400. The Balaban J connectivity index is 1.31. The molecule has 0 bridgehead atoms.